The van der Waals surface area contributed by atoms with Gasteiger partial charge >= 0.3 is 0 Å². The summed E-state index contributed by atoms with van der Waals surface area (Å²) in [5, 5.41) is 12.6. The number of nitriles is 1. The Kier molecular flexibility index (Phi) is 8.19. The lowest BCUT2D eigenvalue weighted by Gasteiger charge is -2.11. The summed E-state index contributed by atoms with van der Waals surface area (Å²) in [6, 6.07) is 13.6. The molecule has 2 heterocycles. The van der Waals surface area contributed by atoms with Crippen molar-refractivity contribution in [2.24, 2.45) is 0 Å². The third-order valence-electron chi connectivity index (χ3n) is 4.49. The van der Waals surface area contributed by atoms with E-state index in [4.69, 9.17) is 21.1 Å². The Morgan fingerprint density at radius 2 is 2.03 bits per heavy atom. The average molecular weight is 467 g/mol. The maximum atomic E-state index is 13.2. The Morgan fingerprint density at radius 1 is 1.27 bits per heavy atom. The maximum Gasteiger partial charge on any atom is 0.269 e. The van der Waals surface area contributed by atoms with Crippen LogP contribution in [0, 0.1) is 11.3 Å². The van der Waals surface area contributed by atoms with Crippen molar-refractivity contribution in [3.63, 3.8) is 0 Å². The van der Waals surface area contributed by atoms with Crippen molar-refractivity contribution in [2.75, 3.05) is 13.2 Å². The highest BCUT2D eigenvalue weighted by Crippen LogP contribution is 2.29. The first-order chi connectivity index (χ1) is 15.9. The van der Waals surface area contributed by atoms with Crippen LogP contribution in [0.25, 0.3) is 11.7 Å². The van der Waals surface area contributed by atoms with Crippen LogP contribution in [0.5, 0.6) is 11.6 Å². The molecule has 33 heavy (non-hydrogen) atoms. The van der Waals surface area contributed by atoms with E-state index >= 15 is 0 Å². The lowest BCUT2D eigenvalue weighted by atomic mass is 10.1. The number of aromatic nitrogens is 2. The largest absolute Gasteiger partial charge is 0.437 e. The fourth-order valence-electron chi connectivity index (χ4n) is 2.90. The van der Waals surface area contributed by atoms with Gasteiger partial charge in [0.05, 0.1) is 11.1 Å². The minimum Gasteiger partial charge on any atom is -0.437 e. The van der Waals surface area contributed by atoms with Crippen LogP contribution in [0.3, 0.4) is 0 Å². The molecule has 0 aliphatic rings. The second-order valence-electron chi connectivity index (χ2n) is 7.30. The zero-order valence-corrected chi connectivity index (χ0v) is 19.0. The first-order valence-corrected chi connectivity index (χ1v) is 10.7. The fourth-order valence-corrected chi connectivity index (χ4v) is 3.07. The summed E-state index contributed by atoms with van der Waals surface area (Å²) in [6.07, 6.45) is 3.41. The second-order valence-corrected chi connectivity index (χ2v) is 7.70. The molecule has 0 spiro atoms. The van der Waals surface area contributed by atoms with Crippen LogP contribution >= 0.6 is 11.6 Å². The number of carbonyl (C=O) groups is 1. The van der Waals surface area contributed by atoms with Crippen LogP contribution < -0.4 is 15.6 Å². The minimum absolute atomic E-state index is 0.0477. The van der Waals surface area contributed by atoms with Gasteiger partial charge in [0.15, 0.2) is 0 Å². The highest BCUT2D eigenvalue weighted by molar-refractivity contribution is 6.32. The molecule has 0 atom stereocenters. The molecule has 3 rings (SSSR count). The van der Waals surface area contributed by atoms with E-state index in [9.17, 15) is 14.9 Å². The molecule has 0 aliphatic heterocycles. The van der Waals surface area contributed by atoms with Gasteiger partial charge in [-0.1, -0.05) is 29.8 Å². The normalized spacial score (nSPS) is 11.4. The molecular formula is C24H23ClN4O4. The molecule has 2 aromatic heterocycles. The first-order valence-electron chi connectivity index (χ1n) is 10.4. The fraction of sp³-hybridized carbons (Fsp3) is 0.250. The quantitative estimate of drug-likeness (QED) is 0.290. The number of hydrogen-bond donors (Lipinski definition) is 1. The van der Waals surface area contributed by atoms with Crippen LogP contribution in [0.1, 0.15) is 25.8 Å². The third kappa shape index (κ3) is 6.19. The van der Waals surface area contributed by atoms with Gasteiger partial charge in [0.2, 0.25) is 5.88 Å². The highest BCUT2D eigenvalue weighted by atomic mass is 35.5. The Balaban J connectivity index is 1.95. The van der Waals surface area contributed by atoms with Crippen molar-refractivity contribution < 1.29 is 14.3 Å². The van der Waals surface area contributed by atoms with E-state index in [0.717, 1.165) is 0 Å². The van der Waals surface area contributed by atoms with Crippen LogP contribution in [0.15, 0.2) is 59.0 Å². The number of hydrogen-bond acceptors (Lipinski definition) is 6. The van der Waals surface area contributed by atoms with Crippen LogP contribution in [-0.2, 0) is 9.53 Å². The average Bonchev–Trinajstić information content (AvgIpc) is 2.80. The molecule has 1 aromatic carbocycles. The van der Waals surface area contributed by atoms with Crippen molar-refractivity contribution in [1.29, 1.82) is 5.26 Å². The van der Waals surface area contributed by atoms with E-state index in [-0.39, 0.29) is 28.9 Å². The summed E-state index contributed by atoms with van der Waals surface area (Å²) in [5.74, 6) is -0.386. The smallest absolute Gasteiger partial charge is 0.269 e. The SMILES string of the molecule is CC(C)OCCCNC(=O)/C(C#N)=C/c1c(Oc2ccccc2Cl)nc2ccccn2c1=O. The number of halogens is 1. The molecule has 0 fully saturated rings. The monoisotopic (exact) mass is 466 g/mol. The van der Waals surface area contributed by atoms with Gasteiger partial charge in [0.25, 0.3) is 11.5 Å². The Hall–Kier alpha value is -3.67. The van der Waals surface area contributed by atoms with Gasteiger partial charge < -0.3 is 14.8 Å². The Bertz CT molecular complexity index is 1280. The van der Waals surface area contributed by atoms with Gasteiger partial charge in [-0.25, -0.2) is 0 Å². The number of carbonyl (C=O) groups excluding carboxylic acids is 1. The maximum absolute atomic E-state index is 13.2. The molecule has 0 unspecified atom stereocenters. The molecule has 0 saturated carbocycles. The molecule has 0 saturated heterocycles. The number of ether oxygens (including phenoxy) is 2. The summed E-state index contributed by atoms with van der Waals surface area (Å²) in [5.41, 5.74) is -0.449. The molecule has 0 bridgehead atoms. The van der Waals surface area contributed by atoms with E-state index < -0.39 is 11.5 Å². The second kappa shape index (κ2) is 11.3. The van der Waals surface area contributed by atoms with Crippen molar-refractivity contribution >= 4 is 29.2 Å². The van der Waals surface area contributed by atoms with Crippen molar-refractivity contribution in [3.8, 4) is 17.7 Å². The van der Waals surface area contributed by atoms with Gasteiger partial charge in [0.1, 0.15) is 28.6 Å². The summed E-state index contributed by atoms with van der Waals surface area (Å²) in [6.45, 7) is 4.65. The third-order valence-corrected chi connectivity index (χ3v) is 4.80. The molecular weight excluding hydrogens is 444 g/mol. The van der Waals surface area contributed by atoms with Gasteiger partial charge in [-0.3, -0.25) is 14.0 Å². The zero-order valence-electron chi connectivity index (χ0n) is 18.2. The number of amides is 1. The molecule has 0 radical (unpaired) electrons. The predicted molar refractivity (Wildman–Crippen MR) is 125 cm³/mol. The van der Waals surface area contributed by atoms with E-state index in [1.807, 2.05) is 19.9 Å². The van der Waals surface area contributed by atoms with Crippen LogP contribution in [-0.4, -0.2) is 34.5 Å². The lowest BCUT2D eigenvalue weighted by Crippen LogP contribution is -2.27. The van der Waals surface area contributed by atoms with Crippen molar-refractivity contribution in [1.82, 2.24) is 14.7 Å². The Morgan fingerprint density at radius 3 is 2.76 bits per heavy atom. The number of nitrogens with zero attached hydrogens (tertiary/aromatic N) is 3. The number of pyridine rings is 1. The minimum atomic E-state index is -0.608. The molecule has 8 nitrogen and oxygen atoms in total. The summed E-state index contributed by atoms with van der Waals surface area (Å²) in [4.78, 5) is 30.1. The molecule has 170 valence electrons. The molecule has 1 N–H and O–H groups in total. The van der Waals surface area contributed by atoms with Gasteiger partial charge in [-0.2, -0.15) is 10.2 Å². The number of benzene rings is 1. The van der Waals surface area contributed by atoms with Crippen LogP contribution in [0.4, 0.5) is 0 Å². The number of fused-ring (bicyclic) bond motifs is 1. The number of rotatable bonds is 9. The van der Waals surface area contributed by atoms with Crippen LogP contribution in [0.2, 0.25) is 5.02 Å². The number of nitrogens with one attached hydrogen (secondary N) is 1. The Labute approximate surface area is 196 Å². The van der Waals surface area contributed by atoms with E-state index in [2.05, 4.69) is 10.3 Å². The highest BCUT2D eigenvalue weighted by Gasteiger charge is 2.18. The number of para-hydroxylation sites is 1. The standard InChI is InChI=1S/C24H23ClN4O4/c1-16(2)32-13-7-11-27-22(30)17(15-26)14-18-23(33-20-9-4-3-8-19(20)25)28-21-10-5-6-12-29(21)24(18)31/h3-6,8-10,12,14,16H,7,11,13H2,1-2H3,(H,27,30)/b17-14+. The predicted octanol–water partition coefficient (Wildman–Crippen LogP) is 3.98. The van der Waals surface area contributed by atoms with Crippen molar-refractivity contribution in [2.45, 2.75) is 26.4 Å². The van der Waals surface area contributed by atoms with Gasteiger partial charge in [0, 0.05) is 19.3 Å². The topological polar surface area (TPSA) is 106 Å². The van der Waals surface area contributed by atoms with Gasteiger partial charge in [-0.05, 0) is 50.6 Å². The molecule has 1 amide bonds. The summed E-state index contributed by atoms with van der Waals surface area (Å²) < 4.78 is 12.6. The van der Waals surface area contributed by atoms with E-state index in [1.165, 1.54) is 10.5 Å². The summed E-state index contributed by atoms with van der Waals surface area (Å²) >= 11 is 6.19. The first kappa shape index (κ1) is 24.0. The molecule has 9 heteroatoms. The molecule has 3 aromatic rings. The van der Waals surface area contributed by atoms with E-state index in [0.29, 0.717) is 30.2 Å². The lowest BCUT2D eigenvalue weighted by molar-refractivity contribution is -0.117. The summed E-state index contributed by atoms with van der Waals surface area (Å²) in [7, 11) is 0. The zero-order chi connectivity index (χ0) is 23.8. The molecule has 0 aliphatic carbocycles. The van der Waals surface area contributed by atoms with Crippen molar-refractivity contribution in [3.05, 3.63) is 75.2 Å². The van der Waals surface area contributed by atoms with Gasteiger partial charge in [-0.15, -0.1) is 0 Å². The van der Waals surface area contributed by atoms with E-state index in [1.54, 1.807) is 48.7 Å².